The van der Waals surface area contributed by atoms with Crippen LogP contribution in [0.15, 0.2) is 55.1 Å². The van der Waals surface area contributed by atoms with Crippen LogP contribution in [0.3, 0.4) is 0 Å². The Balaban J connectivity index is 2.23. The largest absolute Gasteiger partial charge is 0.380 e. The Kier molecular flexibility index (Phi) is 4.64. The van der Waals surface area contributed by atoms with Crippen LogP contribution in [0.5, 0.6) is 0 Å². The van der Waals surface area contributed by atoms with E-state index in [9.17, 15) is 0 Å². The average molecular weight is 272 g/mol. The van der Waals surface area contributed by atoms with Crippen LogP contribution < -0.4 is 5.32 Å². The summed E-state index contributed by atoms with van der Waals surface area (Å²) in [6.07, 6.45) is 2.76. The van der Waals surface area contributed by atoms with Crippen LogP contribution in [-0.4, -0.2) is 0 Å². The molecule has 0 aromatic heterocycles. The van der Waals surface area contributed by atoms with Crippen LogP contribution in [-0.2, 0) is 13.0 Å². The fraction of sp³-hybridized carbons (Fsp3) is 0.176. The second-order valence-electron chi connectivity index (χ2n) is 4.54. The highest BCUT2D eigenvalue weighted by Crippen LogP contribution is 2.28. The molecule has 0 saturated heterocycles. The number of benzene rings is 2. The molecule has 0 bridgehead atoms. The van der Waals surface area contributed by atoms with E-state index in [1.807, 2.05) is 37.3 Å². The highest BCUT2D eigenvalue weighted by atomic mass is 35.5. The second-order valence-corrected chi connectivity index (χ2v) is 4.95. The fourth-order valence-electron chi connectivity index (χ4n) is 2.10. The van der Waals surface area contributed by atoms with Crippen molar-refractivity contribution in [3.63, 3.8) is 0 Å². The van der Waals surface area contributed by atoms with Crippen LogP contribution in [0.4, 0.5) is 5.69 Å². The summed E-state index contributed by atoms with van der Waals surface area (Å²) >= 11 is 6.20. The van der Waals surface area contributed by atoms with Gasteiger partial charge in [0.25, 0.3) is 0 Å². The maximum atomic E-state index is 6.20. The summed E-state index contributed by atoms with van der Waals surface area (Å²) in [5.41, 5.74) is 4.70. The van der Waals surface area contributed by atoms with E-state index in [0.29, 0.717) is 0 Å². The second kappa shape index (κ2) is 6.44. The van der Waals surface area contributed by atoms with Crippen LogP contribution in [0.25, 0.3) is 0 Å². The highest BCUT2D eigenvalue weighted by molar-refractivity contribution is 6.31. The summed E-state index contributed by atoms with van der Waals surface area (Å²) in [7, 11) is 0. The molecule has 1 nitrogen and oxygen atoms in total. The van der Waals surface area contributed by atoms with Crippen molar-refractivity contribution in [2.45, 2.75) is 19.9 Å². The maximum Gasteiger partial charge on any atom is 0.0455 e. The molecule has 0 amide bonds. The average Bonchev–Trinajstić information content (AvgIpc) is 2.44. The van der Waals surface area contributed by atoms with Gasteiger partial charge in [-0.05, 0) is 36.1 Å². The van der Waals surface area contributed by atoms with E-state index >= 15 is 0 Å². The molecule has 2 heteroatoms. The lowest BCUT2D eigenvalue weighted by Crippen LogP contribution is -2.04. The molecule has 0 aliphatic rings. The normalized spacial score (nSPS) is 10.2. The Morgan fingerprint density at radius 2 is 1.89 bits per heavy atom. The fourth-order valence-corrected chi connectivity index (χ4v) is 2.26. The van der Waals surface area contributed by atoms with Gasteiger partial charge in [0.2, 0.25) is 0 Å². The van der Waals surface area contributed by atoms with E-state index in [4.69, 9.17) is 11.6 Å². The van der Waals surface area contributed by atoms with E-state index in [1.54, 1.807) is 0 Å². The molecule has 2 aromatic carbocycles. The molecule has 2 aromatic rings. The molecule has 0 atom stereocenters. The Morgan fingerprint density at radius 3 is 2.58 bits per heavy atom. The van der Waals surface area contributed by atoms with Gasteiger partial charge in [0.1, 0.15) is 0 Å². The first-order valence-electron chi connectivity index (χ1n) is 6.39. The summed E-state index contributed by atoms with van der Waals surface area (Å²) in [4.78, 5) is 0. The van der Waals surface area contributed by atoms with E-state index in [1.165, 1.54) is 11.1 Å². The minimum absolute atomic E-state index is 0.795. The minimum Gasteiger partial charge on any atom is -0.380 e. The van der Waals surface area contributed by atoms with Gasteiger partial charge >= 0.3 is 0 Å². The van der Waals surface area contributed by atoms with Gasteiger partial charge in [-0.25, -0.2) is 0 Å². The number of halogens is 1. The van der Waals surface area contributed by atoms with Crippen molar-refractivity contribution in [2.24, 2.45) is 0 Å². The molecule has 0 heterocycles. The van der Waals surface area contributed by atoms with Gasteiger partial charge in [0.15, 0.2) is 0 Å². The zero-order valence-corrected chi connectivity index (χ0v) is 11.9. The van der Waals surface area contributed by atoms with Crippen molar-refractivity contribution in [1.82, 2.24) is 0 Å². The molecule has 0 aliphatic heterocycles. The van der Waals surface area contributed by atoms with Crippen LogP contribution >= 0.6 is 11.6 Å². The van der Waals surface area contributed by atoms with Gasteiger partial charge in [-0.15, -0.1) is 6.58 Å². The number of hydrogen-bond acceptors (Lipinski definition) is 1. The van der Waals surface area contributed by atoms with Crippen molar-refractivity contribution >= 4 is 17.3 Å². The zero-order valence-electron chi connectivity index (χ0n) is 11.1. The van der Waals surface area contributed by atoms with Crippen LogP contribution in [0, 0.1) is 6.92 Å². The molecule has 19 heavy (non-hydrogen) atoms. The third kappa shape index (κ3) is 3.39. The van der Waals surface area contributed by atoms with Crippen LogP contribution in [0.1, 0.15) is 16.7 Å². The molecule has 0 saturated carbocycles. The summed E-state index contributed by atoms with van der Waals surface area (Å²) in [5, 5.41) is 4.29. The zero-order chi connectivity index (χ0) is 13.7. The molecule has 2 rings (SSSR count). The number of nitrogens with one attached hydrogen (secondary N) is 1. The molecule has 1 N–H and O–H groups in total. The molecular weight excluding hydrogens is 254 g/mol. The molecule has 0 aliphatic carbocycles. The Bertz CT molecular complexity index is 561. The first-order valence-corrected chi connectivity index (χ1v) is 6.77. The van der Waals surface area contributed by atoms with Gasteiger partial charge in [-0.1, -0.05) is 54.1 Å². The number of hydrogen-bond donors (Lipinski definition) is 1. The molecule has 98 valence electrons. The van der Waals surface area contributed by atoms with Crippen molar-refractivity contribution in [3.05, 3.63) is 76.8 Å². The lowest BCUT2D eigenvalue weighted by Gasteiger charge is -2.15. The third-order valence-corrected chi connectivity index (χ3v) is 3.57. The van der Waals surface area contributed by atoms with Gasteiger partial charge in [-0.2, -0.15) is 0 Å². The quantitative estimate of drug-likeness (QED) is 0.756. The van der Waals surface area contributed by atoms with Gasteiger partial charge in [-0.3, -0.25) is 0 Å². The summed E-state index contributed by atoms with van der Waals surface area (Å²) in [6, 6.07) is 14.4. The first kappa shape index (κ1) is 13.7. The maximum absolute atomic E-state index is 6.20. The Labute approximate surface area is 119 Å². The first-order chi connectivity index (χ1) is 9.22. The van der Waals surface area contributed by atoms with Crippen molar-refractivity contribution in [3.8, 4) is 0 Å². The SMILES string of the molecule is C=CCc1ccc(Cl)c(C)c1NCc1ccccc1. The van der Waals surface area contributed by atoms with E-state index in [0.717, 1.165) is 29.2 Å². The van der Waals surface area contributed by atoms with Crippen molar-refractivity contribution < 1.29 is 0 Å². The van der Waals surface area contributed by atoms with Crippen molar-refractivity contribution in [2.75, 3.05) is 5.32 Å². The smallest absolute Gasteiger partial charge is 0.0455 e. The summed E-state index contributed by atoms with van der Waals surface area (Å²) in [5.74, 6) is 0. The predicted octanol–water partition coefficient (Wildman–Crippen LogP) is 4.99. The standard InChI is InChI=1S/C17H18ClN/c1-3-7-15-10-11-16(18)13(2)17(15)19-12-14-8-5-4-6-9-14/h3-6,8-11,19H,1,7,12H2,2H3. The number of rotatable bonds is 5. The lowest BCUT2D eigenvalue weighted by molar-refractivity contribution is 1.11. The highest BCUT2D eigenvalue weighted by Gasteiger charge is 2.07. The molecule has 0 radical (unpaired) electrons. The topological polar surface area (TPSA) is 12.0 Å². The number of anilines is 1. The molecular formula is C17H18ClN. The Morgan fingerprint density at radius 1 is 1.16 bits per heavy atom. The van der Waals surface area contributed by atoms with Gasteiger partial charge < -0.3 is 5.32 Å². The van der Waals surface area contributed by atoms with E-state index in [-0.39, 0.29) is 0 Å². The van der Waals surface area contributed by atoms with E-state index in [2.05, 4.69) is 30.1 Å². The molecule has 0 spiro atoms. The molecule has 0 fully saturated rings. The predicted molar refractivity (Wildman–Crippen MR) is 83.9 cm³/mol. The van der Waals surface area contributed by atoms with Gasteiger partial charge in [0.05, 0.1) is 0 Å². The van der Waals surface area contributed by atoms with Crippen LogP contribution in [0.2, 0.25) is 5.02 Å². The molecule has 0 unspecified atom stereocenters. The number of allylic oxidation sites excluding steroid dienone is 1. The van der Waals surface area contributed by atoms with Gasteiger partial charge in [0, 0.05) is 17.3 Å². The Hall–Kier alpha value is -1.73. The monoisotopic (exact) mass is 271 g/mol. The summed E-state index contributed by atoms with van der Waals surface area (Å²) in [6.45, 7) is 6.65. The third-order valence-electron chi connectivity index (χ3n) is 3.16. The lowest BCUT2D eigenvalue weighted by atomic mass is 10.0. The minimum atomic E-state index is 0.795. The van der Waals surface area contributed by atoms with Crippen molar-refractivity contribution in [1.29, 1.82) is 0 Å². The van der Waals surface area contributed by atoms with E-state index < -0.39 is 0 Å². The summed E-state index contributed by atoms with van der Waals surface area (Å²) < 4.78 is 0.